The molecule has 2 aromatic carbocycles. The SMILES string of the molecule is O=C1CCC1c1[nH]c2ccccc2c1C(C[N+](=O)[O-])c1ccccc1. The topological polar surface area (TPSA) is 76.0 Å². The van der Waals surface area contributed by atoms with Crippen molar-refractivity contribution in [3.8, 4) is 0 Å². The third kappa shape index (κ3) is 2.71. The van der Waals surface area contributed by atoms with Crippen molar-refractivity contribution in [3.63, 3.8) is 0 Å². The third-order valence-electron chi connectivity index (χ3n) is 5.08. The standard InChI is InChI=1S/C20H18N2O3/c23-18-11-10-15(18)20-19(14-8-4-5-9-17(14)21-20)16(12-22(24)25)13-6-2-1-3-7-13/h1-9,15-16,21H,10-12H2. The van der Waals surface area contributed by atoms with Gasteiger partial charge in [0.25, 0.3) is 0 Å². The quantitative estimate of drug-likeness (QED) is 0.565. The third-order valence-corrected chi connectivity index (χ3v) is 5.08. The molecule has 1 aliphatic carbocycles. The van der Waals surface area contributed by atoms with Gasteiger partial charge in [0.05, 0.1) is 11.8 Å². The number of carbonyl (C=O) groups is 1. The molecule has 3 aromatic rings. The Morgan fingerprint density at radius 2 is 1.84 bits per heavy atom. The first kappa shape index (κ1) is 15.6. The zero-order chi connectivity index (χ0) is 17.4. The number of ketones is 1. The van der Waals surface area contributed by atoms with Gasteiger partial charge in [-0.15, -0.1) is 0 Å². The largest absolute Gasteiger partial charge is 0.358 e. The van der Waals surface area contributed by atoms with E-state index in [4.69, 9.17) is 0 Å². The number of nitro groups is 1. The number of hydrogen-bond acceptors (Lipinski definition) is 3. The maximum atomic E-state index is 12.1. The number of hydrogen-bond donors (Lipinski definition) is 1. The van der Waals surface area contributed by atoms with Crippen LogP contribution < -0.4 is 0 Å². The zero-order valence-corrected chi connectivity index (χ0v) is 13.6. The highest BCUT2D eigenvalue weighted by Gasteiger charge is 2.36. The van der Waals surface area contributed by atoms with Crippen molar-refractivity contribution < 1.29 is 9.72 Å². The van der Waals surface area contributed by atoms with Crippen LogP contribution in [0.1, 0.15) is 41.5 Å². The summed E-state index contributed by atoms with van der Waals surface area (Å²) in [5.41, 5.74) is 3.58. The molecule has 0 aliphatic heterocycles. The summed E-state index contributed by atoms with van der Waals surface area (Å²) in [5, 5.41) is 12.3. The molecule has 4 rings (SSSR count). The maximum absolute atomic E-state index is 12.1. The lowest BCUT2D eigenvalue weighted by molar-refractivity contribution is -0.481. The first-order valence-electron chi connectivity index (χ1n) is 8.45. The van der Waals surface area contributed by atoms with Gasteiger partial charge >= 0.3 is 0 Å². The first-order valence-corrected chi connectivity index (χ1v) is 8.45. The highest BCUT2D eigenvalue weighted by atomic mass is 16.6. The van der Waals surface area contributed by atoms with Gasteiger partial charge in [0.15, 0.2) is 0 Å². The van der Waals surface area contributed by atoms with Gasteiger partial charge in [-0.2, -0.15) is 0 Å². The van der Waals surface area contributed by atoms with Crippen molar-refractivity contribution in [1.82, 2.24) is 4.98 Å². The highest BCUT2D eigenvalue weighted by molar-refractivity contribution is 5.94. The van der Waals surface area contributed by atoms with Gasteiger partial charge in [-0.1, -0.05) is 48.5 Å². The molecule has 1 heterocycles. The van der Waals surface area contributed by atoms with Crippen molar-refractivity contribution in [3.05, 3.63) is 81.5 Å². The summed E-state index contributed by atoms with van der Waals surface area (Å²) in [5.74, 6) is -0.336. The number of benzene rings is 2. The highest BCUT2D eigenvalue weighted by Crippen LogP contribution is 2.42. The maximum Gasteiger partial charge on any atom is 0.214 e. The van der Waals surface area contributed by atoms with Gasteiger partial charge in [-0.25, -0.2) is 0 Å². The Morgan fingerprint density at radius 1 is 1.12 bits per heavy atom. The fourth-order valence-electron chi connectivity index (χ4n) is 3.74. The Labute approximate surface area is 144 Å². The van der Waals surface area contributed by atoms with Crippen molar-refractivity contribution in [2.24, 2.45) is 0 Å². The predicted molar refractivity (Wildman–Crippen MR) is 95.4 cm³/mol. The molecular weight excluding hydrogens is 316 g/mol. The molecule has 0 spiro atoms. The summed E-state index contributed by atoms with van der Waals surface area (Å²) in [6.45, 7) is -0.195. The number of rotatable bonds is 5. The summed E-state index contributed by atoms with van der Waals surface area (Å²) < 4.78 is 0. The van der Waals surface area contributed by atoms with Crippen molar-refractivity contribution in [2.45, 2.75) is 24.7 Å². The molecular formula is C20H18N2O3. The fourth-order valence-corrected chi connectivity index (χ4v) is 3.74. The van der Waals surface area contributed by atoms with E-state index < -0.39 is 0 Å². The summed E-state index contributed by atoms with van der Waals surface area (Å²) in [6, 6.07) is 17.3. The van der Waals surface area contributed by atoms with E-state index in [2.05, 4.69) is 4.98 Å². The van der Waals surface area contributed by atoms with E-state index in [0.29, 0.717) is 6.42 Å². The average Bonchev–Trinajstić information content (AvgIpc) is 2.97. The number of fused-ring (bicyclic) bond motifs is 1. The first-order chi connectivity index (χ1) is 12.1. The lowest BCUT2D eigenvalue weighted by Crippen LogP contribution is -2.26. The van der Waals surface area contributed by atoms with E-state index in [1.807, 2.05) is 54.6 Å². The van der Waals surface area contributed by atoms with Crippen LogP contribution in [0, 0.1) is 10.1 Å². The second kappa shape index (κ2) is 6.16. The van der Waals surface area contributed by atoms with Crippen LogP contribution in [-0.4, -0.2) is 22.2 Å². The summed E-state index contributed by atoms with van der Waals surface area (Å²) in [7, 11) is 0. The molecule has 0 radical (unpaired) electrons. The second-order valence-electron chi connectivity index (χ2n) is 6.53. The molecule has 25 heavy (non-hydrogen) atoms. The Kier molecular flexibility index (Phi) is 3.84. The minimum Gasteiger partial charge on any atom is -0.358 e. The molecule has 126 valence electrons. The predicted octanol–water partition coefficient (Wildman–Crippen LogP) is 4.02. The minimum absolute atomic E-state index is 0.166. The van der Waals surface area contributed by atoms with Crippen LogP contribution in [0.2, 0.25) is 0 Å². The molecule has 5 heteroatoms. The molecule has 5 nitrogen and oxygen atoms in total. The number of Topliss-reactive ketones (excluding diaryl/α,β-unsaturated/α-hetero) is 1. The molecule has 0 amide bonds. The Morgan fingerprint density at radius 3 is 2.48 bits per heavy atom. The Balaban J connectivity index is 1.93. The van der Waals surface area contributed by atoms with E-state index in [0.717, 1.165) is 34.1 Å². The van der Waals surface area contributed by atoms with Crippen LogP contribution in [0.3, 0.4) is 0 Å². The van der Waals surface area contributed by atoms with Gasteiger partial charge in [-0.3, -0.25) is 14.9 Å². The zero-order valence-electron chi connectivity index (χ0n) is 13.6. The van der Waals surface area contributed by atoms with E-state index in [1.165, 1.54) is 0 Å². The van der Waals surface area contributed by atoms with Crippen LogP contribution >= 0.6 is 0 Å². The van der Waals surface area contributed by atoms with Crippen molar-refractivity contribution in [2.75, 3.05) is 6.54 Å². The van der Waals surface area contributed by atoms with Crippen LogP contribution in [-0.2, 0) is 4.79 Å². The fraction of sp³-hybridized carbons (Fsp3) is 0.250. The van der Waals surface area contributed by atoms with Gasteiger partial charge < -0.3 is 4.98 Å². The lowest BCUT2D eigenvalue weighted by atomic mass is 9.77. The van der Waals surface area contributed by atoms with Crippen LogP contribution in [0.5, 0.6) is 0 Å². The smallest absolute Gasteiger partial charge is 0.214 e. The van der Waals surface area contributed by atoms with Gasteiger partial charge in [-0.05, 0) is 23.6 Å². The minimum atomic E-state index is -0.379. The van der Waals surface area contributed by atoms with E-state index in [9.17, 15) is 14.9 Å². The molecule has 1 fully saturated rings. The van der Waals surface area contributed by atoms with Gasteiger partial charge in [0.2, 0.25) is 6.54 Å². The summed E-state index contributed by atoms with van der Waals surface area (Å²) in [6.07, 6.45) is 1.39. The van der Waals surface area contributed by atoms with Crippen molar-refractivity contribution in [1.29, 1.82) is 0 Å². The van der Waals surface area contributed by atoms with Crippen LogP contribution in [0.4, 0.5) is 0 Å². The number of nitrogens with one attached hydrogen (secondary N) is 1. The van der Waals surface area contributed by atoms with E-state index in [1.54, 1.807) is 0 Å². The molecule has 1 N–H and O–H groups in total. The molecule has 2 atom stereocenters. The number of aromatic nitrogens is 1. The molecule has 1 aliphatic rings. The Bertz CT molecular complexity index is 946. The van der Waals surface area contributed by atoms with Crippen molar-refractivity contribution >= 4 is 16.7 Å². The molecule has 2 unspecified atom stereocenters. The summed E-state index contributed by atoms with van der Waals surface area (Å²) in [4.78, 5) is 26.6. The van der Waals surface area contributed by atoms with Gasteiger partial charge in [0.1, 0.15) is 5.78 Å². The number of aromatic amines is 1. The molecule has 0 saturated heterocycles. The Hall–Kier alpha value is -2.95. The van der Waals surface area contributed by atoms with E-state index in [-0.39, 0.29) is 29.1 Å². The van der Waals surface area contributed by atoms with Crippen LogP contribution in [0.25, 0.3) is 10.9 Å². The molecule has 1 saturated carbocycles. The average molecular weight is 334 g/mol. The number of nitrogens with zero attached hydrogens (tertiary/aromatic N) is 1. The van der Waals surface area contributed by atoms with E-state index >= 15 is 0 Å². The lowest BCUT2D eigenvalue weighted by Gasteiger charge is -2.26. The van der Waals surface area contributed by atoms with Gasteiger partial charge in [0, 0.05) is 27.9 Å². The molecule has 0 bridgehead atoms. The second-order valence-corrected chi connectivity index (χ2v) is 6.53. The molecule has 1 aromatic heterocycles. The normalized spacial score (nSPS) is 18.1. The van der Waals surface area contributed by atoms with Crippen LogP contribution in [0.15, 0.2) is 54.6 Å². The number of carbonyl (C=O) groups excluding carboxylic acids is 1. The monoisotopic (exact) mass is 334 g/mol. The number of H-pyrrole nitrogens is 1. The summed E-state index contributed by atoms with van der Waals surface area (Å²) >= 11 is 0. The number of para-hydroxylation sites is 1.